The van der Waals surface area contributed by atoms with E-state index in [4.69, 9.17) is 16.3 Å². The lowest BCUT2D eigenvalue weighted by Crippen LogP contribution is -2.03. The number of nitrogens with zero attached hydrogens (tertiary/aromatic N) is 3. The van der Waals surface area contributed by atoms with Crippen molar-refractivity contribution >= 4 is 11.6 Å². The Bertz CT molecular complexity index is 887. The van der Waals surface area contributed by atoms with Crippen LogP contribution in [0.4, 0.5) is 13.2 Å². The number of benzene rings is 1. The first-order chi connectivity index (χ1) is 11.4. The first-order valence-electron chi connectivity index (χ1n) is 6.82. The van der Waals surface area contributed by atoms with E-state index in [1.807, 2.05) is 0 Å². The maximum Gasteiger partial charge on any atom is 0.212 e. The van der Waals surface area contributed by atoms with E-state index in [1.165, 1.54) is 23.9 Å². The molecule has 0 fully saturated rings. The van der Waals surface area contributed by atoms with Crippen LogP contribution in [0.25, 0.3) is 16.9 Å². The molecule has 0 spiro atoms. The largest absolute Gasteiger partial charge is 0.497 e. The summed E-state index contributed by atoms with van der Waals surface area (Å²) < 4.78 is 48.1. The molecule has 8 heteroatoms. The summed E-state index contributed by atoms with van der Waals surface area (Å²) in [5, 5.41) is -0.0227. The van der Waals surface area contributed by atoms with Crippen molar-refractivity contribution in [3.8, 4) is 22.7 Å². The molecule has 0 aliphatic rings. The predicted octanol–water partition coefficient (Wildman–Crippen LogP) is 4.32. The highest BCUT2D eigenvalue weighted by Gasteiger charge is 2.23. The molecule has 24 heavy (non-hydrogen) atoms. The van der Waals surface area contributed by atoms with E-state index in [0.717, 1.165) is 18.2 Å². The Labute approximate surface area is 140 Å². The van der Waals surface area contributed by atoms with Gasteiger partial charge in [-0.1, -0.05) is 0 Å². The van der Waals surface area contributed by atoms with Gasteiger partial charge in [0.25, 0.3) is 0 Å². The van der Waals surface area contributed by atoms with Crippen LogP contribution in [0.2, 0.25) is 5.28 Å². The van der Waals surface area contributed by atoms with Crippen molar-refractivity contribution in [3.05, 3.63) is 59.0 Å². The molecule has 0 amide bonds. The number of aryl methyl sites for hydroxylation is 1. The van der Waals surface area contributed by atoms with Gasteiger partial charge in [-0.3, -0.25) is 4.57 Å². The second kappa shape index (κ2) is 6.16. The lowest BCUT2D eigenvalue weighted by atomic mass is 10.1. The molecule has 0 aliphatic carbocycles. The number of ether oxygens (including phenoxy) is 1. The van der Waals surface area contributed by atoms with Crippen LogP contribution in [0.5, 0.6) is 5.75 Å². The topological polar surface area (TPSA) is 39.9 Å². The average molecular weight is 354 g/mol. The smallest absolute Gasteiger partial charge is 0.212 e. The first-order valence-corrected chi connectivity index (χ1v) is 7.20. The Morgan fingerprint density at radius 3 is 2.33 bits per heavy atom. The summed E-state index contributed by atoms with van der Waals surface area (Å²) in [6.45, 7) is 1.57. The van der Waals surface area contributed by atoms with E-state index in [9.17, 15) is 13.2 Å². The third kappa shape index (κ3) is 2.71. The fourth-order valence-electron chi connectivity index (χ4n) is 2.42. The number of halogens is 4. The fraction of sp³-hybridized carbons (Fsp3) is 0.125. The summed E-state index contributed by atoms with van der Waals surface area (Å²) >= 11 is 6.10. The second-order valence-electron chi connectivity index (χ2n) is 4.96. The minimum atomic E-state index is -0.831. The molecule has 0 unspecified atom stereocenters. The zero-order valence-electron chi connectivity index (χ0n) is 12.6. The molecule has 0 radical (unpaired) electrons. The summed E-state index contributed by atoms with van der Waals surface area (Å²) in [5.41, 5.74) is 0.446. The van der Waals surface area contributed by atoms with Gasteiger partial charge in [-0.15, -0.1) is 0 Å². The second-order valence-corrected chi connectivity index (χ2v) is 5.29. The maximum absolute atomic E-state index is 14.5. The van der Waals surface area contributed by atoms with Crippen molar-refractivity contribution in [3.63, 3.8) is 0 Å². The monoisotopic (exact) mass is 353 g/mol. The molecular formula is C16H11ClF3N3O. The van der Waals surface area contributed by atoms with E-state index in [-0.39, 0.29) is 22.3 Å². The Hall–Kier alpha value is -2.54. The third-order valence-electron chi connectivity index (χ3n) is 3.47. The highest BCUT2D eigenvalue weighted by molar-refractivity contribution is 6.29. The molecule has 3 rings (SSSR count). The van der Waals surface area contributed by atoms with Gasteiger partial charge in [0, 0.05) is 12.1 Å². The zero-order valence-corrected chi connectivity index (χ0v) is 13.4. The number of hydrogen-bond donors (Lipinski definition) is 0. The van der Waals surface area contributed by atoms with Crippen LogP contribution < -0.4 is 4.74 Å². The highest BCUT2D eigenvalue weighted by Crippen LogP contribution is 2.35. The lowest BCUT2D eigenvalue weighted by molar-refractivity contribution is 0.407. The maximum atomic E-state index is 14.5. The van der Waals surface area contributed by atoms with E-state index in [0.29, 0.717) is 11.4 Å². The molecule has 4 nitrogen and oxygen atoms in total. The van der Waals surface area contributed by atoms with Gasteiger partial charge in [0.2, 0.25) is 11.2 Å². The van der Waals surface area contributed by atoms with Gasteiger partial charge in [-0.2, -0.15) is 4.39 Å². The van der Waals surface area contributed by atoms with E-state index in [2.05, 4.69) is 9.97 Å². The summed E-state index contributed by atoms with van der Waals surface area (Å²) in [6.07, 6.45) is 1.20. The van der Waals surface area contributed by atoms with Gasteiger partial charge in [-0.25, -0.2) is 18.7 Å². The SMILES string of the molecule is COc1cc(F)c(-c2c(C)nc(Cl)n2-c2ccc(F)nc2)c(F)c1. The minimum Gasteiger partial charge on any atom is -0.497 e. The van der Waals surface area contributed by atoms with Gasteiger partial charge >= 0.3 is 0 Å². The van der Waals surface area contributed by atoms with Crippen molar-refractivity contribution in [2.24, 2.45) is 0 Å². The van der Waals surface area contributed by atoms with E-state index < -0.39 is 17.6 Å². The van der Waals surface area contributed by atoms with Crippen LogP contribution in [0.1, 0.15) is 5.69 Å². The molecule has 3 aromatic rings. The van der Waals surface area contributed by atoms with Crippen LogP contribution in [0, 0.1) is 24.5 Å². The number of pyridine rings is 1. The number of hydrogen-bond acceptors (Lipinski definition) is 3. The molecule has 2 aromatic heterocycles. The quantitative estimate of drug-likeness (QED) is 0.658. The Morgan fingerprint density at radius 2 is 1.79 bits per heavy atom. The Morgan fingerprint density at radius 1 is 1.12 bits per heavy atom. The molecule has 0 bridgehead atoms. The molecule has 2 heterocycles. The third-order valence-corrected chi connectivity index (χ3v) is 3.72. The zero-order chi connectivity index (χ0) is 17.4. The van der Waals surface area contributed by atoms with Crippen LogP contribution >= 0.6 is 11.6 Å². The van der Waals surface area contributed by atoms with Gasteiger partial charge in [0.15, 0.2) is 0 Å². The molecule has 0 atom stereocenters. The lowest BCUT2D eigenvalue weighted by Gasteiger charge is -2.12. The summed E-state index contributed by atoms with van der Waals surface area (Å²) in [5.74, 6) is -2.30. The number of imidazole rings is 1. The first kappa shape index (κ1) is 16.3. The molecule has 124 valence electrons. The van der Waals surface area contributed by atoms with Gasteiger partial charge in [-0.05, 0) is 30.7 Å². The molecular weight excluding hydrogens is 343 g/mol. The Balaban J connectivity index is 2.28. The number of methoxy groups -OCH3 is 1. The highest BCUT2D eigenvalue weighted by atomic mass is 35.5. The summed E-state index contributed by atoms with van der Waals surface area (Å²) in [6, 6.07) is 4.63. The number of rotatable bonds is 3. The van der Waals surface area contributed by atoms with E-state index in [1.54, 1.807) is 6.92 Å². The molecule has 0 saturated heterocycles. The van der Waals surface area contributed by atoms with Crippen molar-refractivity contribution in [2.45, 2.75) is 6.92 Å². The van der Waals surface area contributed by atoms with Crippen LogP contribution in [0.15, 0.2) is 30.5 Å². The van der Waals surface area contributed by atoms with Crippen molar-refractivity contribution in [2.75, 3.05) is 7.11 Å². The van der Waals surface area contributed by atoms with Gasteiger partial charge in [0.1, 0.15) is 17.4 Å². The van der Waals surface area contributed by atoms with Crippen LogP contribution in [0.3, 0.4) is 0 Å². The van der Waals surface area contributed by atoms with Crippen molar-refractivity contribution in [1.82, 2.24) is 14.5 Å². The Kier molecular flexibility index (Phi) is 4.19. The average Bonchev–Trinajstić information content (AvgIpc) is 2.82. The predicted molar refractivity (Wildman–Crippen MR) is 83.0 cm³/mol. The minimum absolute atomic E-state index is 0.0227. The number of aromatic nitrogens is 3. The summed E-state index contributed by atoms with van der Waals surface area (Å²) in [7, 11) is 1.31. The summed E-state index contributed by atoms with van der Waals surface area (Å²) in [4.78, 5) is 7.58. The molecule has 0 saturated carbocycles. The standard InChI is InChI=1S/C16H11ClF3N3O/c1-8-15(14-11(18)5-10(24-2)6-12(14)19)23(16(17)22-8)9-3-4-13(20)21-7-9/h3-7H,1-2H3. The normalized spacial score (nSPS) is 10.9. The van der Waals surface area contributed by atoms with E-state index >= 15 is 0 Å². The molecule has 1 aromatic carbocycles. The molecule has 0 N–H and O–H groups in total. The van der Waals surface area contributed by atoms with Crippen molar-refractivity contribution in [1.29, 1.82) is 0 Å². The fourth-order valence-corrected chi connectivity index (χ4v) is 2.73. The van der Waals surface area contributed by atoms with Crippen LogP contribution in [-0.4, -0.2) is 21.6 Å². The molecule has 0 aliphatic heterocycles. The van der Waals surface area contributed by atoms with Gasteiger partial charge < -0.3 is 4.74 Å². The van der Waals surface area contributed by atoms with Crippen molar-refractivity contribution < 1.29 is 17.9 Å². The van der Waals surface area contributed by atoms with Crippen LogP contribution in [-0.2, 0) is 0 Å². The van der Waals surface area contributed by atoms with Gasteiger partial charge in [0.05, 0.1) is 35.9 Å².